The molecule has 0 saturated carbocycles. The third-order valence-corrected chi connectivity index (χ3v) is 5.82. The lowest BCUT2D eigenvalue weighted by Crippen LogP contribution is -2.35. The first-order valence-corrected chi connectivity index (χ1v) is 10.2. The van der Waals surface area contributed by atoms with E-state index in [4.69, 9.17) is 0 Å². The fraction of sp³-hybridized carbons (Fsp3) is 0.143. The van der Waals surface area contributed by atoms with Crippen LogP contribution in [0.25, 0.3) is 22.2 Å². The third-order valence-electron chi connectivity index (χ3n) is 5.06. The average Bonchev–Trinajstić information content (AvgIpc) is 3.37. The zero-order valence-electron chi connectivity index (χ0n) is 16.3. The molecule has 3 N–H and O–H groups in total. The fourth-order valence-electron chi connectivity index (χ4n) is 3.56. The van der Waals surface area contributed by atoms with Crippen LogP contribution in [0.3, 0.4) is 0 Å². The Kier molecular flexibility index (Phi) is 4.25. The van der Waals surface area contributed by atoms with Gasteiger partial charge in [0, 0.05) is 35.6 Å². The maximum absolute atomic E-state index is 12.8. The van der Waals surface area contributed by atoms with Gasteiger partial charge in [-0.1, -0.05) is 6.07 Å². The number of fused-ring (bicyclic) bond motifs is 2. The minimum Gasteiger partial charge on any atom is -0.323 e. The van der Waals surface area contributed by atoms with Crippen molar-refractivity contribution in [2.24, 2.45) is 0 Å². The molecule has 1 aliphatic heterocycles. The molecule has 0 saturated heterocycles. The summed E-state index contributed by atoms with van der Waals surface area (Å²) in [5.41, 5.74) is 5.76. The number of benzene rings is 2. The van der Waals surface area contributed by atoms with Gasteiger partial charge in [0.05, 0.1) is 23.0 Å². The molecule has 5 rings (SSSR count). The molecule has 1 aliphatic rings. The number of rotatable bonds is 3. The van der Waals surface area contributed by atoms with Gasteiger partial charge in [0.1, 0.15) is 0 Å². The molecule has 3 heterocycles. The molecule has 30 heavy (non-hydrogen) atoms. The number of aromatic nitrogens is 3. The smallest absolute Gasteiger partial charge is 0.321 e. The first-order chi connectivity index (χ1) is 14.5. The van der Waals surface area contributed by atoms with Gasteiger partial charge in [0.25, 0.3) is 5.91 Å². The van der Waals surface area contributed by atoms with Crippen LogP contribution in [0.5, 0.6) is 0 Å². The quantitative estimate of drug-likeness (QED) is 0.463. The topological polar surface area (TPSA) is 103 Å². The van der Waals surface area contributed by atoms with Crippen LogP contribution in [0.2, 0.25) is 0 Å². The highest BCUT2D eigenvalue weighted by Crippen LogP contribution is 2.31. The van der Waals surface area contributed by atoms with Gasteiger partial charge in [-0.3, -0.25) is 15.2 Å². The molecular formula is C21H18N6O2S. The first kappa shape index (κ1) is 18.3. The van der Waals surface area contributed by atoms with E-state index in [1.807, 2.05) is 42.6 Å². The Labute approximate surface area is 175 Å². The van der Waals surface area contributed by atoms with Gasteiger partial charge in [0.2, 0.25) is 0 Å². The van der Waals surface area contributed by atoms with E-state index >= 15 is 0 Å². The van der Waals surface area contributed by atoms with Crippen LogP contribution in [0.1, 0.15) is 21.5 Å². The molecule has 0 bridgehead atoms. The van der Waals surface area contributed by atoms with Crippen LogP contribution < -0.4 is 10.6 Å². The van der Waals surface area contributed by atoms with Crippen molar-refractivity contribution in [3.63, 3.8) is 0 Å². The van der Waals surface area contributed by atoms with E-state index in [0.717, 1.165) is 33.5 Å². The number of carbonyl (C=O) groups is 2. The van der Waals surface area contributed by atoms with Gasteiger partial charge >= 0.3 is 6.03 Å². The Morgan fingerprint density at radius 1 is 1.27 bits per heavy atom. The number of anilines is 2. The summed E-state index contributed by atoms with van der Waals surface area (Å²) in [5, 5.41) is 16.0. The fourth-order valence-corrected chi connectivity index (χ4v) is 4.27. The highest BCUT2D eigenvalue weighted by atomic mass is 32.1. The molecule has 8 nitrogen and oxygen atoms in total. The van der Waals surface area contributed by atoms with Crippen molar-refractivity contribution in [3.8, 4) is 11.3 Å². The van der Waals surface area contributed by atoms with Crippen LogP contribution in [0.15, 0.2) is 41.9 Å². The van der Waals surface area contributed by atoms with Gasteiger partial charge < -0.3 is 10.2 Å². The number of thiazole rings is 1. The standard InChI is InChI=1S/C21H18N6O2S/c1-11-5-13-8-22-26-18(13)15(6-11)19(28)25-20-23-17(10-30-20)12-3-4-16-14(7-12)9-27(2)21(29)24-16/h3-8,10H,9H2,1-2H3,(H,22,26)(H,24,29)(H,23,25,28). The Morgan fingerprint density at radius 3 is 3.00 bits per heavy atom. The molecule has 4 aromatic rings. The molecule has 0 aliphatic carbocycles. The van der Waals surface area contributed by atoms with Gasteiger partial charge in [-0.2, -0.15) is 5.10 Å². The summed E-state index contributed by atoms with van der Waals surface area (Å²) in [7, 11) is 1.75. The Bertz CT molecular complexity index is 1310. The number of urea groups is 1. The number of hydrogen-bond donors (Lipinski definition) is 3. The molecule has 2 aromatic heterocycles. The minimum atomic E-state index is -0.233. The molecular weight excluding hydrogens is 400 g/mol. The number of carbonyl (C=O) groups excluding carboxylic acids is 2. The minimum absolute atomic E-state index is 0.114. The van der Waals surface area contributed by atoms with Crippen molar-refractivity contribution in [2.75, 3.05) is 17.7 Å². The number of nitrogens with one attached hydrogen (secondary N) is 3. The molecule has 2 aromatic carbocycles. The molecule has 0 unspecified atom stereocenters. The van der Waals surface area contributed by atoms with Crippen LogP contribution in [-0.4, -0.2) is 39.1 Å². The molecule has 3 amide bonds. The summed E-state index contributed by atoms with van der Waals surface area (Å²) in [6, 6.07) is 9.51. The molecule has 9 heteroatoms. The molecule has 0 spiro atoms. The number of H-pyrrole nitrogens is 1. The summed E-state index contributed by atoms with van der Waals surface area (Å²) in [6.07, 6.45) is 1.70. The maximum atomic E-state index is 12.8. The Morgan fingerprint density at radius 2 is 2.13 bits per heavy atom. The zero-order valence-corrected chi connectivity index (χ0v) is 17.1. The molecule has 0 atom stereocenters. The van der Waals surface area contributed by atoms with E-state index in [-0.39, 0.29) is 11.9 Å². The number of aryl methyl sites for hydroxylation is 1. The van der Waals surface area contributed by atoms with Crippen LogP contribution in [-0.2, 0) is 6.54 Å². The van der Waals surface area contributed by atoms with Crippen molar-refractivity contribution >= 4 is 45.0 Å². The summed E-state index contributed by atoms with van der Waals surface area (Å²) in [4.78, 5) is 30.8. The van der Waals surface area contributed by atoms with E-state index in [9.17, 15) is 9.59 Å². The van der Waals surface area contributed by atoms with E-state index in [1.54, 1.807) is 18.1 Å². The number of aromatic amines is 1. The van der Waals surface area contributed by atoms with Gasteiger partial charge in [0.15, 0.2) is 5.13 Å². The SMILES string of the molecule is Cc1cc(C(=O)Nc2nc(-c3ccc4c(c3)CN(C)C(=O)N4)cs2)c2[nH]ncc2c1. The summed E-state index contributed by atoms with van der Waals surface area (Å²) in [5.74, 6) is -0.233. The summed E-state index contributed by atoms with van der Waals surface area (Å²) < 4.78 is 0. The van der Waals surface area contributed by atoms with Crippen molar-refractivity contribution < 1.29 is 9.59 Å². The van der Waals surface area contributed by atoms with Crippen LogP contribution in [0, 0.1) is 6.92 Å². The highest BCUT2D eigenvalue weighted by molar-refractivity contribution is 7.14. The third kappa shape index (κ3) is 3.18. The zero-order chi connectivity index (χ0) is 20.8. The molecule has 0 radical (unpaired) electrons. The highest BCUT2D eigenvalue weighted by Gasteiger charge is 2.20. The number of nitrogens with zero attached hydrogens (tertiary/aromatic N) is 3. The first-order valence-electron chi connectivity index (χ1n) is 9.34. The van der Waals surface area contributed by atoms with E-state index < -0.39 is 0 Å². The lowest BCUT2D eigenvalue weighted by atomic mass is 10.0. The number of hydrogen-bond acceptors (Lipinski definition) is 5. The van der Waals surface area contributed by atoms with E-state index in [2.05, 4.69) is 25.8 Å². The van der Waals surface area contributed by atoms with Crippen molar-refractivity contribution in [1.29, 1.82) is 0 Å². The summed E-state index contributed by atoms with van der Waals surface area (Å²) in [6.45, 7) is 2.48. The predicted molar refractivity (Wildman–Crippen MR) is 117 cm³/mol. The molecule has 0 fully saturated rings. The lowest BCUT2D eigenvalue weighted by molar-refractivity contribution is 0.102. The number of amides is 3. The maximum Gasteiger partial charge on any atom is 0.321 e. The predicted octanol–water partition coefficient (Wildman–Crippen LogP) is 4.22. The second-order valence-corrected chi connectivity index (χ2v) is 8.15. The van der Waals surface area contributed by atoms with E-state index in [0.29, 0.717) is 22.8 Å². The largest absolute Gasteiger partial charge is 0.323 e. The van der Waals surface area contributed by atoms with Gasteiger partial charge in [-0.25, -0.2) is 9.78 Å². The van der Waals surface area contributed by atoms with E-state index in [1.165, 1.54) is 11.3 Å². The van der Waals surface area contributed by atoms with Crippen molar-refractivity contribution in [3.05, 3.63) is 58.6 Å². The average molecular weight is 418 g/mol. The monoisotopic (exact) mass is 418 g/mol. The van der Waals surface area contributed by atoms with Crippen LogP contribution in [0.4, 0.5) is 15.6 Å². The van der Waals surface area contributed by atoms with Gasteiger partial charge in [-0.05, 0) is 42.3 Å². The van der Waals surface area contributed by atoms with Gasteiger partial charge in [-0.15, -0.1) is 11.3 Å². The molecule has 150 valence electrons. The second-order valence-electron chi connectivity index (χ2n) is 7.30. The second kappa shape index (κ2) is 6.96. The van der Waals surface area contributed by atoms with Crippen molar-refractivity contribution in [2.45, 2.75) is 13.5 Å². The Balaban J connectivity index is 1.40. The van der Waals surface area contributed by atoms with Crippen molar-refractivity contribution in [1.82, 2.24) is 20.1 Å². The van der Waals surface area contributed by atoms with Crippen LogP contribution >= 0.6 is 11.3 Å². The lowest BCUT2D eigenvalue weighted by Gasteiger charge is -2.26. The Hall–Kier alpha value is -3.72. The normalized spacial score (nSPS) is 13.3. The summed E-state index contributed by atoms with van der Waals surface area (Å²) >= 11 is 1.37.